The van der Waals surface area contributed by atoms with Crippen LogP contribution < -0.4 is 4.74 Å². The van der Waals surface area contributed by atoms with Gasteiger partial charge in [-0.3, -0.25) is 4.98 Å². The molecule has 0 fully saturated rings. The number of amides is 1. The molecule has 8 heteroatoms. The number of aryl methyl sites for hydroxylation is 1. The van der Waals surface area contributed by atoms with Gasteiger partial charge in [0.15, 0.2) is 8.32 Å². The molecule has 0 saturated carbocycles. The second-order valence-electron chi connectivity index (χ2n) is 9.87. The Morgan fingerprint density at radius 1 is 1.38 bits per heavy atom. The number of pyridine rings is 1. The lowest BCUT2D eigenvalue weighted by Crippen LogP contribution is -2.46. The van der Waals surface area contributed by atoms with E-state index in [2.05, 4.69) is 67.5 Å². The zero-order chi connectivity index (χ0) is 23.5. The maximum atomic E-state index is 12.2. The summed E-state index contributed by atoms with van der Waals surface area (Å²) in [6, 6.07) is 9.95. The van der Waals surface area contributed by atoms with Crippen molar-refractivity contribution < 1.29 is 19.1 Å². The van der Waals surface area contributed by atoms with Crippen LogP contribution in [-0.4, -0.2) is 48.6 Å². The van der Waals surface area contributed by atoms with Gasteiger partial charge in [0.05, 0.1) is 19.2 Å². The Morgan fingerprint density at radius 3 is 2.75 bits per heavy atom. The number of ether oxygens (including phenoxy) is 1. The zero-order valence-electron chi connectivity index (χ0n) is 19.5. The van der Waals surface area contributed by atoms with Gasteiger partial charge in [0, 0.05) is 16.0 Å². The Labute approximate surface area is 205 Å². The minimum absolute atomic E-state index is 0.00914. The summed E-state index contributed by atoms with van der Waals surface area (Å²) >= 11 is 2.30. The van der Waals surface area contributed by atoms with E-state index in [9.17, 15) is 9.90 Å². The number of aromatic nitrogens is 1. The summed E-state index contributed by atoms with van der Waals surface area (Å²) in [5.74, 6) is 0.855. The molecule has 1 N–H and O–H groups in total. The molecule has 2 aromatic rings. The van der Waals surface area contributed by atoms with Crippen LogP contribution in [0, 0.1) is 3.57 Å². The maximum absolute atomic E-state index is 12.2. The van der Waals surface area contributed by atoms with Crippen LogP contribution in [-0.2, 0) is 10.8 Å². The van der Waals surface area contributed by atoms with E-state index in [4.69, 9.17) is 9.16 Å². The fourth-order valence-electron chi connectivity index (χ4n) is 3.53. The van der Waals surface area contributed by atoms with Gasteiger partial charge in [0.25, 0.3) is 0 Å². The molecule has 0 saturated heterocycles. The Balaban J connectivity index is 1.78. The molecule has 1 amide bonds. The van der Waals surface area contributed by atoms with Crippen LogP contribution >= 0.6 is 22.6 Å². The quantitative estimate of drug-likeness (QED) is 0.322. The maximum Gasteiger partial charge on any atom is 0.407 e. The van der Waals surface area contributed by atoms with Gasteiger partial charge in [-0.15, -0.1) is 0 Å². The molecular weight excluding hydrogens is 535 g/mol. The highest BCUT2D eigenvalue weighted by atomic mass is 127. The molecule has 0 spiro atoms. The molecular formula is C24H33IN2O4Si. The number of halogens is 1. The van der Waals surface area contributed by atoms with Crippen LogP contribution in [0.2, 0.25) is 18.1 Å². The van der Waals surface area contributed by atoms with Crippen molar-refractivity contribution in [3.05, 3.63) is 57.4 Å². The average molecular weight is 569 g/mol. The molecule has 2 heterocycles. The summed E-state index contributed by atoms with van der Waals surface area (Å²) in [5, 5.41) is 10.0. The minimum atomic E-state index is -2.14. The molecule has 1 aromatic carbocycles. The highest BCUT2D eigenvalue weighted by Crippen LogP contribution is 2.40. The summed E-state index contributed by atoms with van der Waals surface area (Å²) in [7, 11) is -2.14. The van der Waals surface area contributed by atoms with E-state index in [0.29, 0.717) is 6.54 Å². The van der Waals surface area contributed by atoms with Crippen molar-refractivity contribution >= 4 is 37.0 Å². The minimum Gasteiger partial charge on any atom is -0.488 e. The second kappa shape index (κ2) is 10.1. The first kappa shape index (κ1) is 25.0. The fourth-order valence-corrected chi connectivity index (χ4v) is 5.36. The molecule has 1 aliphatic rings. The summed E-state index contributed by atoms with van der Waals surface area (Å²) in [6.45, 7) is 11.5. The topological polar surface area (TPSA) is 71.9 Å². The van der Waals surface area contributed by atoms with Crippen molar-refractivity contribution in [1.82, 2.24) is 9.88 Å². The molecule has 0 unspecified atom stereocenters. The summed E-state index contributed by atoms with van der Waals surface area (Å²) in [5.41, 5.74) is 2.08. The zero-order valence-corrected chi connectivity index (χ0v) is 22.6. The van der Waals surface area contributed by atoms with Gasteiger partial charge in [-0.25, -0.2) is 4.79 Å². The van der Waals surface area contributed by atoms with Crippen LogP contribution in [0.5, 0.6) is 5.75 Å². The van der Waals surface area contributed by atoms with E-state index < -0.39 is 14.4 Å². The first-order valence-corrected chi connectivity index (χ1v) is 15.0. The molecule has 0 aliphatic carbocycles. The standard InChI is InChI=1S/C24H33IN2O4Si/c1-24(2,3)32(4,5)31-22(18-7-6-12-26-14-18)16-27(23(28)29)15-20-10-8-17-13-19(25)9-11-21(17)30-20/h6-7,9,11-14,20,22H,8,10,15-16H2,1-5H3,(H,28,29)/t20-,22+/m0/s1. The number of hydrogen-bond acceptors (Lipinski definition) is 4. The van der Waals surface area contributed by atoms with E-state index in [1.807, 2.05) is 24.3 Å². The lowest BCUT2D eigenvalue weighted by Gasteiger charge is -2.40. The van der Waals surface area contributed by atoms with E-state index in [-0.39, 0.29) is 23.8 Å². The fraction of sp³-hybridized carbons (Fsp3) is 0.500. The average Bonchev–Trinajstić information content (AvgIpc) is 2.72. The highest BCUT2D eigenvalue weighted by Gasteiger charge is 2.40. The Morgan fingerprint density at radius 2 is 2.12 bits per heavy atom. The highest BCUT2D eigenvalue weighted by molar-refractivity contribution is 14.1. The number of fused-ring (bicyclic) bond motifs is 1. The van der Waals surface area contributed by atoms with E-state index >= 15 is 0 Å². The van der Waals surface area contributed by atoms with Gasteiger partial charge in [0.1, 0.15) is 11.9 Å². The van der Waals surface area contributed by atoms with Gasteiger partial charge >= 0.3 is 6.09 Å². The third kappa shape index (κ3) is 6.23. The number of nitrogens with zero attached hydrogens (tertiary/aromatic N) is 2. The molecule has 6 nitrogen and oxygen atoms in total. The molecule has 32 heavy (non-hydrogen) atoms. The Kier molecular flexibility index (Phi) is 7.88. The lowest BCUT2D eigenvalue weighted by atomic mass is 10.0. The smallest absolute Gasteiger partial charge is 0.407 e. The summed E-state index contributed by atoms with van der Waals surface area (Å²) in [4.78, 5) is 17.9. The number of carbonyl (C=O) groups is 1. The van der Waals surface area contributed by atoms with Crippen LogP contribution in [0.15, 0.2) is 42.7 Å². The van der Waals surface area contributed by atoms with Crippen molar-refractivity contribution in [3.8, 4) is 5.75 Å². The normalized spacial score (nSPS) is 17.2. The molecule has 1 aliphatic heterocycles. The molecule has 3 rings (SSSR count). The van der Waals surface area contributed by atoms with Gasteiger partial charge in [0.2, 0.25) is 0 Å². The van der Waals surface area contributed by atoms with Gasteiger partial charge < -0.3 is 19.2 Å². The van der Waals surface area contributed by atoms with Crippen molar-refractivity contribution in [1.29, 1.82) is 0 Å². The number of carboxylic acid groups (broad SMARTS) is 1. The predicted molar refractivity (Wildman–Crippen MR) is 137 cm³/mol. The van der Waals surface area contributed by atoms with Crippen molar-refractivity contribution in [2.45, 2.75) is 64.0 Å². The monoisotopic (exact) mass is 568 g/mol. The van der Waals surface area contributed by atoms with Gasteiger partial charge in [-0.05, 0) is 89.0 Å². The van der Waals surface area contributed by atoms with Gasteiger partial charge in [-0.2, -0.15) is 0 Å². The number of rotatable bonds is 7. The third-order valence-electron chi connectivity index (χ3n) is 6.43. The second-order valence-corrected chi connectivity index (χ2v) is 15.9. The Bertz CT molecular complexity index is 933. The van der Waals surface area contributed by atoms with Crippen LogP contribution in [0.1, 0.15) is 44.4 Å². The number of benzene rings is 1. The molecule has 0 radical (unpaired) electrons. The van der Waals surface area contributed by atoms with Crippen molar-refractivity contribution in [2.24, 2.45) is 0 Å². The molecule has 2 atom stereocenters. The van der Waals surface area contributed by atoms with E-state index in [1.54, 1.807) is 12.4 Å². The van der Waals surface area contributed by atoms with Crippen LogP contribution in [0.3, 0.4) is 0 Å². The largest absolute Gasteiger partial charge is 0.488 e. The lowest BCUT2D eigenvalue weighted by molar-refractivity contribution is 0.0688. The van der Waals surface area contributed by atoms with Gasteiger partial charge in [-0.1, -0.05) is 26.8 Å². The van der Waals surface area contributed by atoms with Crippen LogP contribution in [0.4, 0.5) is 4.79 Å². The first-order valence-electron chi connectivity index (χ1n) is 11.0. The molecule has 174 valence electrons. The summed E-state index contributed by atoms with van der Waals surface area (Å²) in [6.07, 6.45) is 3.64. The molecule has 1 aromatic heterocycles. The van der Waals surface area contributed by atoms with Crippen LogP contribution in [0.25, 0.3) is 0 Å². The van der Waals surface area contributed by atoms with Crippen molar-refractivity contribution in [3.63, 3.8) is 0 Å². The predicted octanol–water partition coefficient (Wildman–Crippen LogP) is 6.12. The third-order valence-corrected chi connectivity index (χ3v) is 11.6. The summed E-state index contributed by atoms with van der Waals surface area (Å²) < 4.78 is 14.0. The number of hydrogen-bond donors (Lipinski definition) is 1. The van der Waals surface area contributed by atoms with E-state index in [1.165, 1.54) is 14.0 Å². The first-order chi connectivity index (χ1) is 15.0. The molecule has 0 bridgehead atoms. The SMILES string of the molecule is CC(C)(C)[Si](C)(C)O[C@H](CN(C[C@@H]1CCc2cc(I)ccc2O1)C(=O)O)c1cccnc1. The Hall–Kier alpha value is -1.65. The van der Waals surface area contributed by atoms with E-state index in [0.717, 1.165) is 24.2 Å². The van der Waals surface area contributed by atoms with Crippen molar-refractivity contribution in [2.75, 3.05) is 13.1 Å².